The molecule has 1 amide bonds. The number of nitrogens with one attached hydrogen (secondary N) is 2. The van der Waals surface area contributed by atoms with Crippen molar-refractivity contribution in [2.45, 2.75) is 64.3 Å². The average molecular weight is 365 g/mol. The Morgan fingerprint density at radius 3 is 2.63 bits per heavy atom. The van der Waals surface area contributed by atoms with E-state index in [0.29, 0.717) is 6.04 Å². The van der Waals surface area contributed by atoms with Crippen LogP contribution in [0.15, 0.2) is 48.5 Å². The summed E-state index contributed by atoms with van der Waals surface area (Å²) in [5.41, 5.74) is 5.16. The molecule has 2 aromatic carbocycles. The molecular formula is C24H32N2O. The van der Waals surface area contributed by atoms with Gasteiger partial charge < -0.3 is 10.6 Å². The predicted octanol–water partition coefficient (Wildman–Crippen LogP) is 4.90. The van der Waals surface area contributed by atoms with Gasteiger partial charge in [0.05, 0.1) is 0 Å². The van der Waals surface area contributed by atoms with E-state index in [4.69, 9.17) is 0 Å². The smallest absolute Gasteiger partial charge is 0.221 e. The average Bonchev–Trinajstić information content (AvgIpc) is 2.68. The van der Waals surface area contributed by atoms with Crippen molar-refractivity contribution in [3.05, 3.63) is 65.2 Å². The van der Waals surface area contributed by atoms with Gasteiger partial charge >= 0.3 is 0 Å². The summed E-state index contributed by atoms with van der Waals surface area (Å²) in [4.78, 5) is 11.4. The largest absolute Gasteiger partial charge is 0.326 e. The number of aryl methyl sites for hydroxylation is 1. The van der Waals surface area contributed by atoms with Gasteiger partial charge in [0.1, 0.15) is 0 Å². The molecule has 0 saturated carbocycles. The van der Waals surface area contributed by atoms with E-state index in [0.717, 1.165) is 31.5 Å². The van der Waals surface area contributed by atoms with Gasteiger partial charge in [-0.3, -0.25) is 4.79 Å². The van der Waals surface area contributed by atoms with E-state index in [9.17, 15) is 4.79 Å². The van der Waals surface area contributed by atoms with Crippen LogP contribution in [0.3, 0.4) is 0 Å². The third-order valence-corrected chi connectivity index (χ3v) is 5.46. The maximum atomic E-state index is 11.4. The van der Waals surface area contributed by atoms with Gasteiger partial charge in [0, 0.05) is 18.7 Å². The molecule has 3 rings (SSSR count). The third-order valence-electron chi connectivity index (χ3n) is 5.46. The Labute approximate surface area is 163 Å². The van der Waals surface area contributed by atoms with Crippen LogP contribution in [0.2, 0.25) is 0 Å². The summed E-state index contributed by atoms with van der Waals surface area (Å²) in [7, 11) is 0. The number of carbonyl (C=O) groups is 1. The van der Waals surface area contributed by atoms with Crippen molar-refractivity contribution in [2.24, 2.45) is 0 Å². The summed E-state index contributed by atoms with van der Waals surface area (Å²) in [6, 6.07) is 17.6. The van der Waals surface area contributed by atoms with Gasteiger partial charge in [-0.2, -0.15) is 0 Å². The lowest BCUT2D eigenvalue weighted by Crippen LogP contribution is -2.35. The number of carbonyl (C=O) groups excluding carboxylic acids is 1. The van der Waals surface area contributed by atoms with Crippen molar-refractivity contribution < 1.29 is 4.79 Å². The van der Waals surface area contributed by atoms with Crippen LogP contribution in [0.25, 0.3) is 0 Å². The Balaban J connectivity index is 1.33. The standard InChI is InChI=1S/C24H32N2O/c1-19(27)26-24-14-9-13-21-18-22(15-16-23(21)24)25-17-8-3-2-5-10-20-11-6-4-7-12-20/h4,6-7,9,11-14,22,25H,2-3,5,8,10,15-18H2,1H3,(H,26,27). The number of unbranched alkanes of at least 4 members (excludes halogenated alkanes) is 3. The maximum absolute atomic E-state index is 11.4. The zero-order valence-corrected chi connectivity index (χ0v) is 16.5. The fourth-order valence-corrected chi connectivity index (χ4v) is 4.05. The van der Waals surface area contributed by atoms with E-state index in [2.05, 4.69) is 53.1 Å². The molecule has 0 aliphatic heterocycles. The number of hydrogen-bond donors (Lipinski definition) is 2. The molecule has 1 aliphatic rings. The summed E-state index contributed by atoms with van der Waals surface area (Å²) >= 11 is 0. The maximum Gasteiger partial charge on any atom is 0.221 e. The zero-order chi connectivity index (χ0) is 18.9. The zero-order valence-electron chi connectivity index (χ0n) is 16.5. The molecule has 144 valence electrons. The molecule has 0 heterocycles. The Bertz CT molecular complexity index is 726. The van der Waals surface area contributed by atoms with Crippen LogP contribution in [0.4, 0.5) is 5.69 Å². The monoisotopic (exact) mass is 364 g/mol. The van der Waals surface area contributed by atoms with Crippen molar-refractivity contribution in [3.8, 4) is 0 Å². The van der Waals surface area contributed by atoms with Crippen LogP contribution in [0.5, 0.6) is 0 Å². The Hall–Kier alpha value is -2.13. The van der Waals surface area contributed by atoms with E-state index in [1.54, 1.807) is 6.92 Å². The molecule has 27 heavy (non-hydrogen) atoms. The van der Waals surface area contributed by atoms with Crippen molar-refractivity contribution in [1.82, 2.24) is 5.32 Å². The summed E-state index contributed by atoms with van der Waals surface area (Å²) in [6.45, 7) is 2.68. The van der Waals surface area contributed by atoms with E-state index in [1.807, 2.05) is 6.07 Å². The van der Waals surface area contributed by atoms with Crippen molar-refractivity contribution >= 4 is 11.6 Å². The normalized spacial score (nSPS) is 16.0. The van der Waals surface area contributed by atoms with Crippen molar-refractivity contribution in [3.63, 3.8) is 0 Å². The van der Waals surface area contributed by atoms with E-state index in [1.165, 1.54) is 48.8 Å². The number of rotatable bonds is 9. The molecule has 0 saturated heterocycles. The molecule has 3 nitrogen and oxygen atoms in total. The van der Waals surface area contributed by atoms with Crippen LogP contribution >= 0.6 is 0 Å². The molecule has 2 N–H and O–H groups in total. The number of benzene rings is 2. The SMILES string of the molecule is CC(=O)Nc1cccc2c1CCC(NCCCCCCc1ccccc1)C2. The van der Waals surface area contributed by atoms with Crippen LogP contribution in [-0.4, -0.2) is 18.5 Å². The molecular weight excluding hydrogens is 332 g/mol. The molecule has 0 bridgehead atoms. The summed E-state index contributed by atoms with van der Waals surface area (Å²) in [5.74, 6) is 0.0101. The third kappa shape index (κ3) is 6.21. The molecule has 0 aromatic heterocycles. The van der Waals surface area contributed by atoms with Crippen LogP contribution in [0.1, 0.15) is 55.7 Å². The van der Waals surface area contributed by atoms with Crippen molar-refractivity contribution in [1.29, 1.82) is 0 Å². The second-order valence-electron chi connectivity index (χ2n) is 7.67. The highest BCUT2D eigenvalue weighted by atomic mass is 16.1. The summed E-state index contributed by atoms with van der Waals surface area (Å²) in [5, 5.41) is 6.72. The fourth-order valence-electron chi connectivity index (χ4n) is 4.05. The number of fused-ring (bicyclic) bond motifs is 1. The first-order chi connectivity index (χ1) is 13.2. The second-order valence-corrected chi connectivity index (χ2v) is 7.67. The topological polar surface area (TPSA) is 41.1 Å². The highest BCUT2D eigenvalue weighted by Gasteiger charge is 2.20. The van der Waals surface area contributed by atoms with E-state index >= 15 is 0 Å². The van der Waals surface area contributed by atoms with E-state index < -0.39 is 0 Å². The molecule has 0 fully saturated rings. The van der Waals surface area contributed by atoms with Crippen molar-refractivity contribution in [2.75, 3.05) is 11.9 Å². The van der Waals surface area contributed by atoms with Gasteiger partial charge in [-0.1, -0.05) is 55.3 Å². The number of anilines is 1. The molecule has 1 aliphatic carbocycles. The van der Waals surface area contributed by atoms with Gasteiger partial charge in [-0.15, -0.1) is 0 Å². The summed E-state index contributed by atoms with van der Waals surface area (Å²) < 4.78 is 0. The Morgan fingerprint density at radius 1 is 1.00 bits per heavy atom. The highest BCUT2D eigenvalue weighted by molar-refractivity contribution is 5.89. The van der Waals surface area contributed by atoms with Gasteiger partial charge in [0.25, 0.3) is 0 Å². The number of hydrogen-bond acceptors (Lipinski definition) is 2. The minimum Gasteiger partial charge on any atom is -0.326 e. The molecule has 0 radical (unpaired) electrons. The number of amides is 1. The first-order valence-electron chi connectivity index (χ1n) is 10.4. The first kappa shape index (κ1) is 19.6. The minimum absolute atomic E-state index is 0.0101. The van der Waals surface area contributed by atoms with Gasteiger partial charge in [-0.05, 0) is 67.8 Å². The first-order valence-corrected chi connectivity index (χ1v) is 10.4. The Morgan fingerprint density at radius 2 is 1.81 bits per heavy atom. The molecule has 0 spiro atoms. The lowest BCUT2D eigenvalue weighted by molar-refractivity contribution is -0.114. The van der Waals surface area contributed by atoms with E-state index in [-0.39, 0.29) is 5.91 Å². The highest BCUT2D eigenvalue weighted by Crippen LogP contribution is 2.28. The summed E-state index contributed by atoms with van der Waals surface area (Å²) in [6.07, 6.45) is 9.61. The van der Waals surface area contributed by atoms with Gasteiger partial charge in [0.15, 0.2) is 0 Å². The molecule has 1 unspecified atom stereocenters. The van der Waals surface area contributed by atoms with Crippen LogP contribution < -0.4 is 10.6 Å². The van der Waals surface area contributed by atoms with Crippen LogP contribution in [-0.2, 0) is 24.1 Å². The van der Waals surface area contributed by atoms with Gasteiger partial charge in [-0.25, -0.2) is 0 Å². The van der Waals surface area contributed by atoms with Crippen LogP contribution in [0, 0.1) is 0 Å². The second kappa shape index (κ2) is 10.3. The lowest BCUT2D eigenvalue weighted by atomic mass is 9.87. The predicted molar refractivity (Wildman–Crippen MR) is 113 cm³/mol. The lowest BCUT2D eigenvalue weighted by Gasteiger charge is -2.27. The van der Waals surface area contributed by atoms with Gasteiger partial charge in [0.2, 0.25) is 5.91 Å². The fraction of sp³-hybridized carbons (Fsp3) is 0.458. The molecule has 1 atom stereocenters. The minimum atomic E-state index is 0.0101. The molecule has 3 heteroatoms. The molecule has 2 aromatic rings. The Kier molecular flexibility index (Phi) is 7.46. The quantitative estimate of drug-likeness (QED) is 0.622.